The summed E-state index contributed by atoms with van der Waals surface area (Å²) in [6, 6.07) is 21.6. The Bertz CT molecular complexity index is 1300. The fraction of sp³-hybridized carbons (Fsp3) is 0.259. The Morgan fingerprint density at radius 3 is 2.25 bits per heavy atom. The molecule has 36 heavy (non-hydrogen) atoms. The van der Waals surface area contributed by atoms with Crippen LogP contribution < -0.4 is 9.73 Å². The molecule has 1 saturated heterocycles. The topological polar surface area (TPSA) is 82.1 Å². The Labute approximate surface area is 211 Å². The summed E-state index contributed by atoms with van der Waals surface area (Å²) in [6.45, 7) is 3.88. The van der Waals surface area contributed by atoms with Crippen LogP contribution in [-0.4, -0.2) is 44.6 Å². The highest BCUT2D eigenvalue weighted by Crippen LogP contribution is 2.24. The molecular formula is C27H29FN4O3S. The number of sulfonamides is 1. The average Bonchev–Trinajstić information content (AvgIpc) is 2.88. The Morgan fingerprint density at radius 2 is 1.61 bits per heavy atom. The molecule has 0 aromatic heterocycles. The van der Waals surface area contributed by atoms with Crippen LogP contribution in [0.5, 0.6) is 0 Å². The number of benzene rings is 3. The van der Waals surface area contributed by atoms with E-state index >= 15 is 0 Å². The summed E-state index contributed by atoms with van der Waals surface area (Å²) in [5.41, 5.74) is 5.72. The molecule has 9 heteroatoms. The molecule has 1 fully saturated rings. The molecule has 0 saturated carbocycles. The molecule has 1 aliphatic rings. The number of likely N-dealkylation sites (tertiary alicyclic amines) is 1. The van der Waals surface area contributed by atoms with Crippen LogP contribution in [0.3, 0.4) is 0 Å². The van der Waals surface area contributed by atoms with Gasteiger partial charge in [-0.3, -0.25) is 14.0 Å². The summed E-state index contributed by atoms with van der Waals surface area (Å²) in [5.74, 6) is -1.07. The van der Waals surface area contributed by atoms with Crippen LogP contribution in [0.2, 0.25) is 0 Å². The third-order valence-electron chi connectivity index (χ3n) is 6.03. The molecule has 0 radical (unpaired) electrons. The molecule has 1 N–H and O–H groups in total. The molecule has 0 spiro atoms. The number of hydrazone groups is 1. The number of aryl methyl sites for hydroxylation is 1. The van der Waals surface area contributed by atoms with Gasteiger partial charge in [-0.25, -0.2) is 18.2 Å². The number of carbonyl (C=O) groups is 1. The van der Waals surface area contributed by atoms with E-state index in [1.807, 2.05) is 25.1 Å². The first-order valence-electron chi connectivity index (χ1n) is 11.8. The lowest BCUT2D eigenvalue weighted by Gasteiger charge is -2.27. The predicted octanol–water partition coefficient (Wildman–Crippen LogP) is 4.10. The second kappa shape index (κ2) is 11.5. The lowest BCUT2D eigenvalue weighted by Crippen LogP contribution is -2.40. The third-order valence-corrected chi connectivity index (χ3v) is 7.82. The summed E-state index contributed by atoms with van der Waals surface area (Å²) in [7, 11) is -4.06. The number of halogens is 1. The van der Waals surface area contributed by atoms with Gasteiger partial charge in [-0.1, -0.05) is 48.0 Å². The summed E-state index contributed by atoms with van der Waals surface area (Å²) in [5, 5.41) is 4.26. The minimum absolute atomic E-state index is 0.0438. The number of nitrogens with zero attached hydrogens (tertiary/aromatic N) is 3. The lowest BCUT2D eigenvalue weighted by molar-refractivity contribution is -0.119. The number of hydrogen-bond donors (Lipinski definition) is 1. The monoisotopic (exact) mass is 508 g/mol. The number of piperidine rings is 1. The van der Waals surface area contributed by atoms with Crippen molar-refractivity contribution in [1.82, 2.24) is 10.3 Å². The van der Waals surface area contributed by atoms with Gasteiger partial charge in [0.05, 0.1) is 10.6 Å². The zero-order valence-corrected chi connectivity index (χ0v) is 20.9. The first-order chi connectivity index (χ1) is 17.3. The van der Waals surface area contributed by atoms with E-state index in [2.05, 4.69) is 27.6 Å². The normalized spacial score (nSPS) is 14.3. The van der Waals surface area contributed by atoms with Crippen molar-refractivity contribution in [1.29, 1.82) is 0 Å². The van der Waals surface area contributed by atoms with E-state index in [1.165, 1.54) is 29.8 Å². The number of anilines is 1. The molecule has 3 aromatic carbocycles. The lowest BCUT2D eigenvalue weighted by atomic mass is 10.1. The molecule has 1 amide bonds. The smallest absolute Gasteiger partial charge is 0.264 e. The van der Waals surface area contributed by atoms with E-state index in [9.17, 15) is 17.6 Å². The molecular weight excluding hydrogens is 479 g/mol. The van der Waals surface area contributed by atoms with Crippen LogP contribution in [0.25, 0.3) is 0 Å². The second-order valence-electron chi connectivity index (χ2n) is 8.78. The number of nitrogens with one attached hydrogen (secondary N) is 1. The molecule has 188 valence electrons. The standard InChI is InChI=1S/C27H29FN4O3S/c1-21-7-13-26(14-8-21)36(34,35)32(25-11-9-23(28)10-12-25)20-27(33)30-29-24-15-17-31(18-16-24)19-22-5-3-2-4-6-22/h2-14H,15-20H2,1H3,(H,30,33). The summed E-state index contributed by atoms with van der Waals surface area (Å²) < 4.78 is 41.2. The van der Waals surface area contributed by atoms with E-state index in [-0.39, 0.29) is 10.6 Å². The quantitative estimate of drug-likeness (QED) is 0.465. The fourth-order valence-corrected chi connectivity index (χ4v) is 5.41. The van der Waals surface area contributed by atoms with Crippen LogP contribution in [0.15, 0.2) is 88.9 Å². The van der Waals surface area contributed by atoms with Crippen molar-refractivity contribution in [2.24, 2.45) is 5.10 Å². The summed E-state index contributed by atoms with van der Waals surface area (Å²) in [4.78, 5) is 15.1. The third kappa shape index (κ3) is 6.56. The highest BCUT2D eigenvalue weighted by molar-refractivity contribution is 7.92. The highest BCUT2D eigenvalue weighted by Gasteiger charge is 2.27. The van der Waals surface area contributed by atoms with Crippen LogP contribution in [0.4, 0.5) is 10.1 Å². The molecule has 3 aromatic rings. The van der Waals surface area contributed by atoms with Gasteiger partial charge in [-0.05, 0) is 48.9 Å². The van der Waals surface area contributed by atoms with Crippen molar-refractivity contribution in [3.8, 4) is 0 Å². The Kier molecular flexibility index (Phi) is 8.12. The number of amides is 1. The first-order valence-corrected chi connectivity index (χ1v) is 13.2. The maximum atomic E-state index is 13.5. The Morgan fingerprint density at radius 1 is 0.972 bits per heavy atom. The van der Waals surface area contributed by atoms with Crippen molar-refractivity contribution in [3.05, 3.63) is 95.8 Å². The molecule has 1 heterocycles. The van der Waals surface area contributed by atoms with Gasteiger partial charge in [-0.15, -0.1) is 0 Å². The van der Waals surface area contributed by atoms with Crippen molar-refractivity contribution in [2.45, 2.75) is 31.2 Å². The molecule has 0 bridgehead atoms. The largest absolute Gasteiger partial charge is 0.298 e. The summed E-state index contributed by atoms with van der Waals surface area (Å²) in [6.07, 6.45) is 1.44. The molecule has 0 aliphatic carbocycles. The van der Waals surface area contributed by atoms with Crippen LogP contribution >= 0.6 is 0 Å². The predicted molar refractivity (Wildman–Crippen MR) is 139 cm³/mol. The summed E-state index contributed by atoms with van der Waals surface area (Å²) >= 11 is 0. The SMILES string of the molecule is Cc1ccc(S(=O)(=O)N(CC(=O)NN=C2CCN(Cc3ccccc3)CC2)c2ccc(F)cc2)cc1. The van der Waals surface area contributed by atoms with Gasteiger partial charge < -0.3 is 0 Å². The maximum absolute atomic E-state index is 13.5. The van der Waals surface area contributed by atoms with Gasteiger partial charge in [0.25, 0.3) is 15.9 Å². The van der Waals surface area contributed by atoms with Gasteiger partial charge >= 0.3 is 0 Å². The van der Waals surface area contributed by atoms with Crippen LogP contribution in [0, 0.1) is 12.7 Å². The van der Waals surface area contributed by atoms with Crippen molar-refractivity contribution >= 4 is 27.3 Å². The van der Waals surface area contributed by atoms with Gasteiger partial charge in [0.15, 0.2) is 0 Å². The molecule has 4 rings (SSSR count). The van der Waals surface area contributed by atoms with Crippen molar-refractivity contribution < 1.29 is 17.6 Å². The van der Waals surface area contributed by atoms with Crippen molar-refractivity contribution in [2.75, 3.05) is 23.9 Å². The second-order valence-corrected chi connectivity index (χ2v) is 10.6. The van der Waals surface area contributed by atoms with Crippen LogP contribution in [-0.2, 0) is 21.4 Å². The Hall–Kier alpha value is -3.56. The van der Waals surface area contributed by atoms with Crippen molar-refractivity contribution in [3.63, 3.8) is 0 Å². The van der Waals surface area contributed by atoms with Gasteiger partial charge in [0.2, 0.25) is 0 Å². The maximum Gasteiger partial charge on any atom is 0.264 e. The Balaban J connectivity index is 1.41. The van der Waals surface area contributed by atoms with E-state index in [1.54, 1.807) is 12.1 Å². The molecule has 1 aliphatic heterocycles. The number of carbonyl (C=O) groups excluding carboxylic acids is 1. The zero-order chi connectivity index (χ0) is 25.5. The van der Waals surface area contributed by atoms with E-state index in [0.717, 1.165) is 60.2 Å². The van der Waals surface area contributed by atoms with E-state index < -0.39 is 28.3 Å². The van der Waals surface area contributed by atoms with Crippen LogP contribution in [0.1, 0.15) is 24.0 Å². The number of rotatable bonds is 8. The van der Waals surface area contributed by atoms with E-state index in [4.69, 9.17) is 0 Å². The minimum atomic E-state index is -4.06. The van der Waals surface area contributed by atoms with Gasteiger partial charge in [0, 0.05) is 38.2 Å². The minimum Gasteiger partial charge on any atom is -0.298 e. The molecule has 0 unspecified atom stereocenters. The highest BCUT2D eigenvalue weighted by atomic mass is 32.2. The zero-order valence-electron chi connectivity index (χ0n) is 20.1. The van der Waals surface area contributed by atoms with Gasteiger partial charge in [-0.2, -0.15) is 5.10 Å². The fourth-order valence-electron chi connectivity index (χ4n) is 3.99. The van der Waals surface area contributed by atoms with E-state index in [0.29, 0.717) is 0 Å². The average molecular weight is 509 g/mol. The number of hydrogen-bond acceptors (Lipinski definition) is 5. The van der Waals surface area contributed by atoms with Gasteiger partial charge in [0.1, 0.15) is 12.4 Å². The molecule has 0 atom stereocenters. The molecule has 7 nitrogen and oxygen atoms in total. The first kappa shape index (κ1) is 25.5.